The lowest BCUT2D eigenvalue weighted by atomic mass is 9.41. The fraction of sp³-hybridized carbons (Fsp3) is 0.758. The molecule has 0 radical (unpaired) electrons. The van der Waals surface area contributed by atoms with E-state index in [2.05, 4.69) is 0 Å². The summed E-state index contributed by atoms with van der Waals surface area (Å²) in [5.74, 6) is -4.25. The molecule has 1 spiro atoms. The van der Waals surface area contributed by atoms with E-state index in [1.807, 2.05) is 11.9 Å². The first kappa shape index (κ1) is 33.6. The van der Waals surface area contributed by atoms with E-state index in [0.29, 0.717) is 11.6 Å². The van der Waals surface area contributed by atoms with E-state index >= 15 is 0 Å². The zero-order valence-electron chi connectivity index (χ0n) is 27.3. The fourth-order valence-electron chi connectivity index (χ4n) is 12.1. The Morgan fingerprint density at radius 1 is 0.979 bits per heavy atom. The number of halogens is 1. The molecule has 4 N–H and O–H groups in total. The summed E-state index contributed by atoms with van der Waals surface area (Å²) >= 11 is 6.05. The van der Waals surface area contributed by atoms with Crippen LogP contribution in [-0.4, -0.2) is 145 Å². The summed E-state index contributed by atoms with van der Waals surface area (Å²) < 4.78 is 36.2. The van der Waals surface area contributed by atoms with Crippen molar-refractivity contribution in [3.8, 4) is 0 Å². The highest BCUT2D eigenvalue weighted by molar-refractivity contribution is 6.30. The monoisotopic (exact) mass is 681 g/mol. The van der Waals surface area contributed by atoms with Gasteiger partial charge in [0.25, 0.3) is 0 Å². The molecule has 47 heavy (non-hydrogen) atoms. The number of aliphatic hydroxyl groups excluding tert-OH is 1. The zero-order valence-corrected chi connectivity index (χ0v) is 28.0. The number of fused-ring (bicyclic) bond motifs is 2. The van der Waals surface area contributed by atoms with Crippen molar-refractivity contribution >= 4 is 23.5 Å². The molecule has 14 heteroatoms. The van der Waals surface area contributed by atoms with Crippen LogP contribution in [0.25, 0.3) is 0 Å². The molecule has 6 fully saturated rings. The third kappa shape index (κ3) is 3.71. The van der Waals surface area contributed by atoms with Gasteiger partial charge in [0.2, 0.25) is 0 Å². The van der Waals surface area contributed by atoms with E-state index in [1.54, 1.807) is 14.2 Å². The van der Waals surface area contributed by atoms with E-state index in [-0.39, 0.29) is 25.0 Å². The van der Waals surface area contributed by atoms with Crippen LogP contribution in [0.5, 0.6) is 0 Å². The van der Waals surface area contributed by atoms with Crippen molar-refractivity contribution in [2.75, 3.05) is 48.6 Å². The predicted octanol–water partition coefficient (Wildman–Crippen LogP) is 0.0263. The minimum Gasteiger partial charge on any atom is -0.456 e. The van der Waals surface area contributed by atoms with Crippen LogP contribution in [0.1, 0.15) is 30.1 Å². The van der Waals surface area contributed by atoms with Gasteiger partial charge in [0.15, 0.2) is 12.2 Å². The average Bonchev–Trinajstić information content (AvgIpc) is 3.39. The van der Waals surface area contributed by atoms with Crippen LogP contribution >= 0.6 is 11.6 Å². The van der Waals surface area contributed by atoms with Crippen LogP contribution in [0.2, 0.25) is 5.02 Å². The molecule has 1 aromatic rings. The molecule has 5 saturated carbocycles. The van der Waals surface area contributed by atoms with Gasteiger partial charge in [-0.3, -0.25) is 4.79 Å². The molecule has 1 aliphatic heterocycles. The smallest absolute Gasteiger partial charge is 0.338 e. The molecular weight excluding hydrogens is 638 g/mol. The maximum atomic E-state index is 13.8. The topological polar surface area (TPSA) is 174 Å². The van der Waals surface area contributed by atoms with Crippen molar-refractivity contribution in [3.05, 3.63) is 34.9 Å². The second-order valence-corrected chi connectivity index (χ2v) is 15.0. The molecule has 7 rings (SSSR count). The van der Waals surface area contributed by atoms with E-state index in [1.165, 1.54) is 45.4 Å². The lowest BCUT2D eigenvalue weighted by molar-refractivity contribution is -0.371. The number of carbonyl (C=O) groups excluding carboxylic acids is 2. The SMILES string of the molecule is COC[C@@]12CN(C)C3[C@H]4[C@H](OC)[C@H]1[C@@]3([C@@H](OC)C[C@H]2O)[C@@H]1C[C@]2(O)[C@@H](OC)[C@H](OC(C)=O)[C@@]4(O)[C@@]1(O)[C@H]2OC(=O)c1ccc(Cl)cc1. The standard InChI is InChI=1S/C33H44ClNO12/c1-15(36)46-26-25(45-6)30(39)12-18-31-20(43-4)11-19(37)29(14-42-3)13-35(2)24(31)21(22(44-5)23(29)31)33(26,41)32(18,40)28(30)47-27(38)16-7-9-17(34)10-8-16/h7-10,18-26,28,37,39-41H,11-14H2,1-6H3/t18-,19+,20-,21+,22-,23+,24?,25-,26-,28-,29+,30-,31-,32-,33+/m0/s1. The molecule has 1 saturated heterocycles. The van der Waals surface area contributed by atoms with Crippen LogP contribution < -0.4 is 0 Å². The van der Waals surface area contributed by atoms with Gasteiger partial charge in [0.1, 0.15) is 22.9 Å². The number of piperidine rings is 1. The highest BCUT2D eigenvalue weighted by Gasteiger charge is 2.96. The summed E-state index contributed by atoms with van der Waals surface area (Å²) in [5.41, 5.74) is -8.87. The molecule has 1 aromatic carbocycles. The Hall–Kier alpha value is -1.91. The van der Waals surface area contributed by atoms with Crippen LogP contribution in [-0.2, 0) is 33.2 Å². The summed E-state index contributed by atoms with van der Waals surface area (Å²) in [4.78, 5) is 28.5. The fourth-order valence-corrected chi connectivity index (χ4v) is 12.3. The third-order valence-corrected chi connectivity index (χ3v) is 13.3. The van der Waals surface area contributed by atoms with Crippen LogP contribution in [0.3, 0.4) is 0 Å². The zero-order chi connectivity index (χ0) is 34.1. The highest BCUT2D eigenvalue weighted by atomic mass is 35.5. The van der Waals surface area contributed by atoms with Crippen LogP contribution in [0, 0.1) is 28.6 Å². The van der Waals surface area contributed by atoms with E-state index in [0.717, 1.165) is 0 Å². The Morgan fingerprint density at radius 2 is 1.66 bits per heavy atom. The Morgan fingerprint density at radius 3 is 2.23 bits per heavy atom. The van der Waals surface area contributed by atoms with Gasteiger partial charge in [-0.1, -0.05) is 11.6 Å². The largest absolute Gasteiger partial charge is 0.456 e. The van der Waals surface area contributed by atoms with Crippen molar-refractivity contribution < 1.29 is 58.4 Å². The molecule has 13 nitrogen and oxygen atoms in total. The van der Waals surface area contributed by atoms with Gasteiger partial charge >= 0.3 is 11.9 Å². The van der Waals surface area contributed by atoms with Gasteiger partial charge in [-0.2, -0.15) is 0 Å². The predicted molar refractivity (Wildman–Crippen MR) is 162 cm³/mol. The third-order valence-electron chi connectivity index (χ3n) is 13.1. The Bertz CT molecular complexity index is 1450. The van der Waals surface area contributed by atoms with Gasteiger partial charge in [0, 0.05) is 88.0 Å². The summed E-state index contributed by atoms with van der Waals surface area (Å²) in [6.07, 6.45) is -7.25. The number of hydrogen-bond donors (Lipinski definition) is 4. The van der Waals surface area contributed by atoms with Crippen molar-refractivity contribution in [3.63, 3.8) is 0 Å². The maximum absolute atomic E-state index is 13.8. The van der Waals surface area contributed by atoms with Gasteiger partial charge < -0.3 is 53.7 Å². The van der Waals surface area contributed by atoms with Gasteiger partial charge in [-0.25, -0.2) is 4.79 Å². The number of methoxy groups -OCH3 is 4. The van der Waals surface area contributed by atoms with Crippen LogP contribution in [0.15, 0.2) is 24.3 Å². The Kier molecular flexibility index (Phi) is 7.71. The number of likely N-dealkylation sites (tertiary alicyclic amines) is 1. The van der Waals surface area contributed by atoms with E-state index < -0.39 is 100.0 Å². The molecule has 15 atom stereocenters. The number of esters is 2. The normalized spacial score (nSPS) is 50.7. The van der Waals surface area contributed by atoms with Crippen molar-refractivity contribution in [1.82, 2.24) is 4.90 Å². The Labute approximate surface area is 277 Å². The first-order valence-corrected chi connectivity index (χ1v) is 16.3. The first-order valence-electron chi connectivity index (χ1n) is 16.0. The highest BCUT2D eigenvalue weighted by Crippen LogP contribution is 2.81. The number of benzene rings is 1. The number of ether oxygens (including phenoxy) is 6. The molecule has 260 valence electrons. The molecule has 0 aromatic heterocycles. The molecule has 0 amide bonds. The van der Waals surface area contributed by atoms with Crippen molar-refractivity contribution in [1.29, 1.82) is 0 Å². The van der Waals surface area contributed by atoms with E-state index in [4.69, 9.17) is 40.0 Å². The number of aliphatic hydroxyl groups is 4. The lowest BCUT2D eigenvalue weighted by Gasteiger charge is -2.71. The summed E-state index contributed by atoms with van der Waals surface area (Å²) in [6.45, 7) is 1.68. The molecule has 1 unspecified atom stereocenters. The number of carbonyl (C=O) groups is 2. The minimum atomic E-state index is -2.41. The quantitative estimate of drug-likeness (QED) is 0.271. The van der Waals surface area contributed by atoms with E-state index in [9.17, 15) is 30.0 Å². The van der Waals surface area contributed by atoms with Crippen molar-refractivity contribution in [2.24, 2.45) is 28.6 Å². The van der Waals surface area contributed by atoms with Gasteiger partial charge in [-0.15, -0.1) is 0 Å². The number of nitrogens with zero attached hydrogens (tertiary/aromatic N) is 1. The van der Waals surface area contributed by atoms with Crippen molar-refractivity contribution in [2.45, 2.75) is 79.2 Å². The molecule has 1 heterocycles. The van der Waals surface area contributed by atoms with Gasteiger partial charge in [-0.05, 0) is 37.7 Å². The van der Waals surface area contributed by atoms with Crippen LogP contribution in [0.4, 0.5) is 0 Å². The minimum absolute atomic E-state index is 0.108. The lowest BCUT2D eigenvalue weighted by Crippen LogP contribution is -2.87. The second-order valence-electron chi connectivity index (χ2n) is 14.6. The first-order chi connectivity index (χ1) is 22.2. The number of hydrogen-bond acceptors (Lipinski definition) is 13. The van der Waals surface area contributed by atoms with Gasteiger partial charge in [0.05, 0.1) is 30.5 Å². The second kappa shape index (κ2) is 10.8. The summed E-state index contributed by atoms with van der Waals surface area (Å²) in [6, 6.07) is 5.39. The molecule has 6 aliphatic rings. The molecule has 7 bridgehead atoms. The molecular formula is C33H44ClNO12. The average molecular weight is 682 g/mol. The maximum Gasteiger partial charge on any atom is 0.338 e. The molecule has 5 aliphatic carbocycles. The Balaban J connectivity index is 1.52. The summed E-state index contributed by atoms with van der Waals surface area (Å²) in [7, 11) is 7.80. The number of rotatable bonds is 8. The summed E-state index contributed by atoms with van der Waals surface area (Å²) in [5, 5.41) is 52.1.